The number of rotatable bonds is 2. The molecule has 1 aliphatic heterocycles. The van der Waals surface area contributed by atoms with Gasteiger partial charge in [0, 0.05) is 30.3 Å². The molecule has 1 N–H and O–H groups in total. The van der Waals surface area contributed by atoms with Gasteiger partial charge in [0.2, 0.25) is 0 Å². The van der Waals surface area contributed by atoms with Crippen molar-refractivity contribution in [3.63, 3.8) is 0 Å². The summed E-state index contributed by atoms with van der Waals surface area (Å²) >= 11 is 3.52. The highest BCUT2D eigenvalue weighted by molar-refractivity contribution is 9.10. The zero-order chi connectivity index (χ0) is 12.4. The molecule has 1 fully saturated rings. The van der Waals surface area contributed by atoms with Crippen LogP contribution in [0.5, 0.6) is 0 Å². The van der Waals surface area contributed by atoms with Crippen LogP contribution in [0.3, 0.4) is 0 Å². The molecule has 0 radical (unpaired) electrons. The van der Waals surface area contributed by atoms with E-state index >= 15 is 0 Å². The van der Waals surface area contributed by atoms with Crippen LogP contribution in [0.25, 0.3) is 5.65 Å². The van der Waals surface area contributed by atoms with Crippen LogP contribution in [0.4, 0.5) is 0 Å². The number of imidazole rings is 1. The van der Waals surface area contributed by atoms with Crippen molar-refractivity contribution in [2.24, 2.45) is 0 Å². The third kappa shape index (κ3) is 2.58. The molecular weight excluding hydrogens is 292 g/mol. The predicted molar refractivity (Wildman–Crippen MR) is 75.7 cm³/mol. The van der Waals surface area contributed by atoms with E-state index in [4.69, 9.17) is 0 Å². The number of nitrogens with one attached hydrogen (secondary N) is 1. The molecule has 18 heavy (non-hydrogen) atoms. The van der Waals surface area contributed by atoms with Gasteiger partial charge in [-0.25, -0.2) is 4.98 Å². The Labute approximate surface area is 115 Å². The first-order valence-corrected chi connectivity index (χ1v) is 7.17. The Morgan fingerprint density at radius 2 is 2.22 bits per heavy atom. The second kappa shape index (κ2) is 5.38. The minimum atomic E-state index is 0.972. The van der Waals surface area contributed by atoms with E-state index in [0.29, 0.717) is 0 Å². The molecule has 0 spiro atoms. The van der Waals surface area contributed by atoms with E-state index in [1.165, 1.54) is 12.1 Å². The third-order valence-electron chi connectivity index (χ3n) is 3.36. The van der Waals surface area contributed by atoms with E-state index < -0.39 is 0 Å². The molecule has 0 atom stereocenters. The summed E-state index contributed by atoms with van der Waals surface area (Å²) in [5.41, 5.74) is 2.27. The molecule has 0 aliphatic carbocycles. The van der Waals surface area contributed by atoms with Crippen LogP contribution in [0, 0.1) is 0 Å². The summed E-state index contributed by atoms with van der Waals surface area (Å²) in [6.07, 6.45) is 5.30. The van der Waals surface area contributed by atoms with Gasteiger partial charge in [-0.1, -0.05) is 0 Å². The minimum Gasteiger partial charge on any atom is -0.315 e. The summed E-state index contributed by atoms with van der Waals surface area (Å²) in [5, 5.41) is 3.43. The van der Waals surface area contributed by atoms with Gasteiger partial charge in [0.1, 0.15) is 5.65 Å². The van der Waals surface area contributed by atoms with Crippen molar-refractivity contribution in [1.29, 1.82) is 0 Å². The smallest absolute Gasteiger partial charge is 0.136 e. The van der Waals surface area contributed by atoms with Crippen molar-refractivity contribution < 1.29 is 0 Å². The van der Waals surface area contributed by atoms with Crippen molar-refractivity contribution in [1.82, 2.24) is 19.6 Å². The molecule has 2 aromatic rings. The highest BCUT2D eigenvalue weighted by Gasteiger charge is 2.11. The standard InChI is InChI=1S/C13H17BrN4/c14-11-2-3-13-16-8-12(18(13)9-11)10-17-6-1-4-15-5-7-17/h2-3,8-9,15H,1,4-7,10H2. The Hall–Kier alpha value is -0.910. The van der Waals surface area contributed by atoms with E-state index in [1.54, 1.807) is 0 Å². The zero-order valence-electron chi connectivity index (χ0n) is 10.3. The number of hydrogen-bond acceptors (Lipinski definition) is 3. The van der Waals surface area contributed by atoms with Crippen LogP contribution >= 0.6 is 15.9 Å². The van der Waals surface area contributed by atoms with Crippen LogP contribution in [-0.2, 0) is 6.54 Å². The average Bonchev–Trinajstić information content (AvgIpc) is 2.60. The van der Waals surface area contributed by atoms with Gasteiger partial charge in [-0.2, -0.15) is 0 Å². The largest absolute Gasteiger partial charge is 0.315 e. The number of aromatic nitrogens is 2. The molecule has 0 amide bonds. The molecule has 2 aromatic heterocycles. The summed E-state index contributed by atoms with van der Waals surface area (Å²) in [6, 6.07) is 4.07. The monoisotopic (exact) mass is 308 g/mol. The van der Waals surface area contributed by atoms with Crippen molar-refractivity contribution in [2.75, 3.05) is 26.2 Å². The van der Waals surface area contributed by atoms with Gasteiger partial charge < -0.3 is 9.72 Å². The highest BCUT2D eigenvalue weighted by Crippen LogP contribution is 2.15. The lowest BCUT2D eigenvalue weighted by molar-refractivity contribution is 0.280. The van der Waals surface area contributed by atoms with Crippen LogP contribution in [0.2, 0.25) is 0 Å². The van der Waals surface area contributed by atoms with Crippen LogP contribution in [-0.4, -0.2) is 40.5 Å². The summed E-state index contributed by atoms with van der Waals surface area (Å²) in [7, 11) is 0. The molecule has 0 unspecified atom stereocenters. The van der Waals surface area contributed by atoms with Gasteiger partial charge in [0.15, 0.2) is 0 Å². The van der Waals surface area contributed by atoms with Crippen LogP contribution in [0.1, 0.15) is 12.1 Å². The Morgan fingerprint density at radius 1 is 1.28 bits per heavy atom. The number of halogens is 1. The van der Waals surface area contributed by atoms with Gasteiger partial charge in [-0.15, -0.1) is 0 Å². The van der Waals surface area contributed by atoms with Gasteiger partial charge in [-0.05, 0) is 47.6 Å². The molecule has 3 rings (SSSR count). The Kier molecular flexibility index (Phi) is 3.63. The average molecular weight is 309 g/mol. The lowest BCUT2D eigenvalue weighted by Gasteiger charge is -2.18. The number of pyridine rings is 1. The summed E-state index contributed by atoms with van der Waals surface area (Å²) in [6.45, 7) is 5.46. The Balaban J connectivity index is 1.83. The van der Waals surface area contributed by atoms with Gasteiger partial charge in [0.25, 0.3) is 0 Å². The van der Waals surface area contributed by atoms with Gasteiger partial charge >= 0.3 is 0 Å². The first-order valence-electron chi connectivity index (χ1n) is 6.37. The van der Waals surface area contributed by atoms with Crippen molar-refractivity contribution in [2.45, 2.75) is 13.0 Å². The zero-order valence-corrected chi connectivity index (χ0v) is 11.9. The Morgan fingerprint density at radius 3 is 3.17 bits per heavy atom. The van der Waals surface area contributed by atoms with Crippen LogP contribution in [0.15, 0.2) is 29.0 Å². The summed E-state index contributed by atoms with van der Waals surface area (Å²) in [5.74, 6) is 0. The lowest BCUT2D eigenvalue weighted by atomic mass is 10.3. The molecule has 0 aromatic carbocycles. The second-order valence-electron chi connectivity index (χ2n) is 4.70. The molecule has 0 bridgehead atoms. The van der Waals surface area contributed by atoms with Crippen molar-refractivity contribution in [3.05, 3.63) is 34.7 Å². The topological polar surface area (TPSA) is 32.6 Å². The van der Waals surface area contributed by atoms with Crippen molar-refractivity contribution in [3.8, 4) is 0 Å². The summed E-state index contributed by atoms with van der Waals surface area (Å²) in [4.78, 5) is 6.94. The molecule has 3 heterocycles. The molecule has 96 valence electrons. The fourth-order valence-electron chi connectivity index (χ4n) is 2.41. The molecule has 4 nitrogen and oxygen atoms in total. The maximum absolute atomic E-state index is 4.45. The van der Waals surface area contributed by atoms with E-state index in [9.17, 15) is 0 Å². The lowest BCUT2D eigenvalue weighted by Crippen LogP contribution is -2.28. The van der Waals surface area contributed by atoms with Gasteiger partial charge in [-0.3, -0.25) is 4.90 Å². The molecule has 0 saturated carbocycles. The maximum Gasteiger partial charge on any atom is 0.136 e. The van der Waals surface area contributed by atoms with Gasteiger partial charge in [0.05, 0.1) is 11.9 Å². The first-order chi connectivity index (χ1) is 8.83. The first kappa shape index (κ1) is 12.1. The fraction of sp³-hybridized carbons (Fsp3) is 0.462. The minimum absolute atomic E-state index is 0.972. The van der Waals surface area contributed by atoms with Crippen molar-refractivity contribution >= 4 is 21.6 Å². The highest BCUT2D eigenvalue weighted by atomic mass is 79.9. The molecule has 1 aliphatic rings. The quantitative estimate of drug-likeness (QED) is 0.919. The summed E-state index contributed by atoms with van der Waals surface area (Å²) < 4.78 is 3.26. The van der Waals surface area contributed by atoms with E-state index in [-0.39, 0.29) is 0 Å². The molecule has 1 saturated heterocycles. The number of nitrogens with zero attached hydrogens (tertiary/aromatic N) is 3. The van der Waals surface area contributed by atoms with Crippen LogP contribution < -0.4 is 5.32 Å². The second-order valence-corrected chi connectivity index (χ2v) is 5.62. The predicted octanol–water partition coefficient (Wildman–Crippen LogP) is 1.89. The molecule has 5 heteroatoms. The molecular formula is C13H17BrN4. The number of fused-ring (bicyclic) bond motifs is 1. The Bertz CT molecular complexity index is 529. The number of hydrogen-bond donors (Lipinski definition) is 1. The third-order valence-corrected chi connectivity index (χ3v) is 3.83. The fourth-order valence-corrected chi connectivity index (χ4v) is 2.75. The maximum atomic E-state index is 4.45. The normalized spacial score (nSPS) is 18.1. The SMILES string of the molecule is Brc1ccc2ncc(CN3CCCNCC3)n2c1. The van der Waals surface area contributed by atoms with E-state index in [2.05, 4.69) is 41.7 Å². The van der Waals surface area contributed by atoms with E-state index in [0.717, 1.165) is 42.8 Å². The van der Waals surface area contributed by atoms with E-state index in [1.807, 2.05) is 18.3 Å².